The van der Waals surface area contributed by atoms with Crippen LogP contribution in [0.15, 0.2) is 24.3 Å². The van der Waals surface area contributed by atoms with Crippen molar-refractivity contribution in [3.63, 3.8) is 0 Å². The summed E-state index contributed by atoms with van der Waals surface area (Å²) in [6.07, 6.45) is -0.244. The van der Waals surface area contributed by atoms with Crippen LogP contribution in [0.4, 0.5) is 0 Å². The summed E-state index contributed by atoms with van der Waals surface area (Å²) in [6, 6.07) is 7.30. The molecule has 1 aromatic carbocycles. The topological polar surface area (TPSA) is 58.9 Å². The Balaban J connectivity index is 3.05. The Labute approximate surface area is 120 Å². The van der Waals surface area contributed by atoms with E-state index in [1.165, 1.54) is 0 Å². The third-order valence-corrected chi connectivity index (χ3v) is 4.43. The summed E-state index contributed by atoms with van der Waals surface area (Å²) in [5.74, 6) is 0. The molecule has 0 spiro atoms. The predicted molar refractivity (Wildman–Crippen MR) is 84.1 cm³/mol. The molecule has 4 nitrogen and oxygen atoms in total. The third kappa shape index (κ3) is 4.27. The molecule has 0 aliphatic carbocycles. The highest BCUT2D eigenvalue weighted by atomic mass is 28.2. The van der Waals surface area contributed by atoms with E-state index >= 15 is 0 Å². The standard InChI is InChI=1S/C12H23BO4Si2/c1-12(2,11(16-18-3)17-19-4)9-6-5-7-10(8-9)13(14)15/h5-8,11,14-15H,18-19H2,1-4H3. The van der Waals surface area contributed by atoms with Crippen LogP contribution in [0.5, 0.6) is 0 Å². The minimum Gasteiger partial charge on any atom is -0.423 e. The van der Waals surface area contributed by atoms with Crippen LogP contribution in [0.25, 0.3) is 0 Å². The number of hydrogen-bond donors (Lipinski definition) is 2. The quantitative estimate of drug-likeness (QED) is 0.515. The first kappa shape index (κ1) is 16.6. The van der Waals surface area contributed by atoms with Crippen LogP contribution in [-0.2, 0) is 14.3 Å². The van der Waals surface area contributed by atoms with E-state index in [9.17, 15) is 10.0 Å². The van der Waals surface area contributed by atoms with Crippen molar-refractivity contribution < 1.29 is 18.9 Å². The van der Waals surface area contributed by atoms with Gasteiger partial charge in [-0.2, -0.15) is 0 Å². The van der Waals surface area contributed by atoms with Crippen molar-refractivity contribution >= 4 is 32.1 Å². The van der Waals surface area contributed by atoms with Gasteiger partial charge in [-0.15, -0.1) is 0 Å². The molecule has 0 bridgehead atoms. The molecule has 0 heterocycles. The van der Waals surface area contributed by atoms with Crippen molar-refractivity contribution in [3.05, 3.63) is 29.8 Å². The van der Waals surface area contributed by atoms with Gasteiger partial charge in [0.2, 0.25) is 0 Å². The lowest BCUT2D eigenvalue weighted by molar-refractivity contribution is -0.0433. The molecular weight excluding hydrogens is 275 g/mol. The molecule has 0 fully saturated rings. The predicted octanol–water partition coefficient (Wildman–Crippen LogP) is -0.733. The van der Waals surface area contributed by atoms with Crippen LogP contribution in [-0.4, -0.2) is 43.0 Å². The SMILES string of the molecule is C[SiH2]OC(O[SiH2]C)C(C)(C)c1cccc(B(O)O)c1. The average Bonchev–Trinajstić information content (AvgIpc) is 2.38. The van der Waals surface area contributed by atoms with E-state index in [1.54, 1.807) is 12.1 Å². The first-order valence-corrected chi connectivity index (χ1v) is 10.6. The fourth-order valence-electron chi connectivity index (χ4n) is 2.00. The van der Waals surface area contributed by atoms with Crippen molar-refractivity contribution in [1.29, 1.82) is 0 Å². The van der Waals surface area contributed by atoms with Crippen molar-refractivity contribution in [2.45, 2.75) is 38.6 Å². The molecule has 19 heavy (non-hydrogen) atoms. The average molecular weight is 298 g/mol. The lowest BCUT2D eigenvalue weighted by Gasteiger charge is -2.35. The van der Waals surface area contributed by atoms with E-state index in [-0.39, 0.29) is 11.7 Å². The van der Waals surface area contributed by atoms with Gasteiger partial charge >= 0.3 is 7.12 Å². The van der Waals surface area contributed by atoms with Gasteiger partial charge in [0, 0.05) is 5.41 Å². The van der Waals surface area contributed by atoms with Crippen molar-refractivity contribution in [2.24, 2.45) is 0 Å². The fourth-order valence-corrected chi connectivity index (χ4v) is 3.83. The van der Waals surface area contributed by atoms with Crippen LogP contribution in [0.2, 0.25) is 13.1 Å². The number of hydrogen-bond acceptors (Lipinski definition) is 4. The van der Waals surface area contributed by atoms with E-state index in [0.29, 0.717) is 5.46 Å². The Bertz CT molecular complexity index is 395. The molecular formula is C12H23BO4Si2. The van der Waals surface area contributed by atoms with Crippen LogP contribution in [0.3, 0.4) is 0 Å². The molecule has 2 N–H and O–H groups in total. The van der Waals surface area contributed by atoms with Gasteiger partial charge in [-0.1, -0.05) is 51.2 Å². The molecule has 0 amide bonds. The van der Waals surface area contributed by atoms with E-state index in [1.807, 2.05) is 12.1 Å². The Morgan fingerprint density at radius 2 is 1.74 bits per heavy atom. The monoisotopic (exact) mass is 298 g/mol. The molecule has 106 valence electrons. The molecule has 0 aromatic heterocycles. The van der Waals surface area contributed by atoms with Gasteiger partial charge in [-0.25, -0.2) is 0 Å². The van der Waals surface area contributed by atoms with E-state index in [2.05, 4.69) is 26.9 Å². The largest absolute Gasteiger partial charge is 0.488 e. The maximum absolute atomic E-state index is 9.27. The summed E-state index contributed by atoms with van der Waals surface area (Å²) in [5, 5.41) is 18.5. The third-order valence-electron chi connectivity index (χ3n) is 3.15. The van der Waals surface area contributed by atoms with Gasteiger partial charge in [0.05, 0.1) is 0 Å². The summed E-state index contributed by atoms with van der Waals surface area (Å²) >= 11 is 0. The van der Waals surface area contributed by atoms with Crippen LogP contribution >= 0.6 is 0 Å². The lowest BCUT2D eigenvalue weighted by atomic mass is 9.75. The minimum atomic E-state index is -1.45. The van der Waals surface area contributed by atoms with Crippen molar-refractivity contribution in [3.8, 4) is 0 Å². The molecule has 0 saturated heterocycles. The van der Waals surface area contributed by atoms with Crippen LogP contribution in [0, 0.1) is 0 Å². The maximum atomic E-state index is 9.27. The second-order valence-corrected chi connectivity index (χ2v) is 6.78. The zero-order valence-electron chi connectivity index (χ0n) is 12.1. The zero-order chi connectivity index (χ0) is 14.5. The molecule has 0 aliphatic rings. The van der Waals surface area contributed by atoms with Gasteiger partial charge in [0.15, 0.2) is 19.5 Å². The first-order chi connectivity index (χ1) is 8.93. The molecule has 0 saturated carbocycles. The molecule has 1 aromatic rings. The Morgan fingerprint density at radius 1 is 1.16 bits per heavy atom. The fraction of sp³-hybridized carbons (Fsp3) is 0.500. The molecule has 0 aliphatic heterocycles. The second kappa shape index (κ2) is 7.37. The van der Waals surface area contributed by atoms with Crippen molar-refractivity contribution in [2.75, 3.05) is 0 Å². The molecule has 0 unspecified atom stereocenters. The van der Waals surface area contributed by atoms with E-state index in [4.69, 9.17) is 8.85 Å². The van der Waals surface area contributed by atoms with Crippen molar-refractivity contribution in [1.82, 2.24) is 0 Å². The Morgan fingerprint density at radius 3 is 2.21 bits per heavy atom. The highest BCUT2D eigenvalue weighted by Gasteiger charge is 2.32. The zero-order valence-corrected chi connectivity index (χ0v) is 14.9. The summed E-state index contributed by atoms with van der Waals surface area (Å²) in [7, 11) is -2.58. The van der Waals surface area contributed by atoms with Gasteiger partial charge < -0.3 is 18.9 Å². The molecule has 7 heteroatoms. The summed E-state index contributed by atoms with van der Waals surface area (Å²) in [6.45, 7) is 8.29. The smallest absolute Gasteiger partial charge is 0.423 e. The number of rotatable bonds is 7. The summed E-state index contributed by atoms with van der Waals surface area (Å²) < 4.78 is 11.7. The summed E-state index contributed by atoms with van der Waals surface area (Å²) in [5.41, 5.74) is 1.18. The van der Waals surface area contributed by atoms with Gasteiger partial charge in [-0.05, 0) is 11.0 Å². The molecule has 1 rings (SSSR count). The molecule has 0 radical (unpaired) electrons. The van der Waals surface area contributed by atoms with Crippen LogP contribution in [0.1, 0.15) is 19.4 Å². The highest BCUT2D eigenvalue weighted by molar-refractivity contribution is 6.58. The maximum Gasteiger partial charge on any atom is 0.488 e. The normalized spacial score (nSPS) is 14.6. The Hall–Kier alpha value is -0.441. The number of benzene rings is 1. The van der Waals surface area contributed by atoms with Gasteiger partial charge in [-0.3, -0.25) is 0 Å². The van der Waals surface area contributed by atoms with Crippen LogP contribution < -0.4 is 5.46 Å². The highest BCUT2D eigenvalue weighted by Crippen LogP contribution is 2.29. The first-order valence-electron chi connectivity index (χ1n) is 6.63. The van der Waals surface area contributed by atoms with Gasteiger partial charge in [0.1, 0.15) is 6.29 Å². The Kier molecular flexibility index (Phi) is 6.44. The molecule has 0 atom stereocenters. The second-order valence-electron chi connectivity index (χ2n) is 4.96. The summed E-state index contributed by atoms with van der Waals surface area (Å²) in [4.78, 5) is 0. The minimum absolute atomic E-state index is 0.244. The van der Waals surface area contributed by atoms with E-state index < -0.39 is 26.6 Å². The lowest BCUT2D eigenvalue weighted by Crippen LogP contribution is -2.40. The van der Waals surface area contributed by atoms with E-state index in [0.717, 1.165) is 5.56 Å². The van der Waals surface area contributed by atoms with Gasteiger partial charge in [0.25, 0.3) is 0 Å².